The van der Waals surface area contributed by atoms with E-state index in [4.69, 9.17) is 24.2 Å². The van der Waals surface area contributed by atoms with Gasteiger partial charge in [0.15, 0.2) is 11.5 Å². The van der Waals surface area contributed by atoms with Crippen LogP contribution in [-0.4, -0.2) is 84.4 Å². The number of halogens is 3. The molecule has 1 atom stereocenters. The van der Waals surface area contributed by atoms with Crippen molar-refractivity contribution in [2.75, 3.05) is 34.8 Å². The van der Waals surface area contributed by atoms with Gasteiger partial charge in [0.2, 0.25) is 0 Å². The Morgan fingerprint density at radius 2 is 1.77 bits per heavy atom. The van der Waals surface area contributed by atoms with Crippen molar-refractivity contribution in [2.45, 2.75) is 18.6 Å². The van der Waals surface area contributed by atoms with Gasteiger partial charge < -0.3 is 34.0 Å². The molecule has 0 spiro atoms. The Bertz CT molecular complexity index is 1080. The zero-order valence-corrected chi connectivity index (χ0v) is 19.2. The molecule has 0 bridgehead atoms. The van der Waals surface area contributed by atoms with E-state index in [-0.39, 0.29) is 18.2 Å². The van der Waals surface area contributed by atoms with Gasteiger partial charge in [-0.05, 0) is 18.1 Å². The Balaban J connectivity index is 0.000000762. The number of furan rings is 1. The maximum absolute atomic E-state index is 12.4. The number of carbonyl (C=O) groups is 3. The Morgan fingerprint density at radius 3 is 2.23 bits per heavy atom. The third-order valence-corrected chi connectivity index (χ3v) is 3.73. The van der Waals surface area contributed by atoms with Gasteiger partial charge in [0.1, 0.15) is 5.97 Å². The van der Waals surface area contributed by atoms with Crippen LogP contribution in [0.2, 0.25) is 0 Å². The van der Waals surface area contributed by atoms with Crippen LogP contribution in [0.4, 0.5) is 13.2 Å². The van der Waals surface area contributed by atoms with E-state index in [1.54, 1.807) is 6.07 Å². The van der Waals surface area contributed by atoms with Gasteiger partial charge in [0, 0.05) is 12.4 Å². The van der Waals surface area contributed by atoms with Crippen molar-refractivity contribution in [3.8, 4) is 17.9 Å². The monoisotopic (exact) mass is 500 g/mol. The lowest BCUT2D eigenvalue weighted by molar-refractivity contribution is -0.871. The lowest BCUT2D eigenvalue weighted by atomic mass is 10.2. The molecule has 0 fully saturated rings. The molecule has 0 aliphatic carbocycles. The van der Waals surface area contributed by atoms with Crippen molar-refractivity contribution in [3.05, 3.63) is 41.6 Å². The van der Waals surface area contributed by atoms with E-state index in [1.165, 1.54) is 25.6 Å². The van der Waals surface area contributed by atoms with Crippen LogP contribution >= 0.6 is 0 Å². The first kappa shape index (κ1) is 28.9. The standard InChI is InChI=1S/C19H22N4O5.C2HF3O2/c1-23(2,3)12-14(9-17(24)25)22-18(26)16-8-7-15(28-16)6-5-13-10-20-19(27-4)21-11-13;3-2(4,5)1(6)7/h7-8,10-11,14H,9,12H2,1-4H3,(H-,22,24,25,26);(H,6,7)/t14-;/m1./s1. The van der Waals surface area contributed by atoms with Gasteiger partial charge in [-0.1, -0.05) is 5.92 Å². The molecule has 35 heavy (non-hydrogen) atoms. The molecule has 2 aromatic heterocycles. The van der Waals surface area contributed by atoms with Crippen LogP contribution in [0.25, 0.3) is 0 Å². The number of amides is 1. The molecular formula is C21H23F3N4O7. The number of quaternary nitrogens is 1. The highest BCUT2D eigenvalue weighted by Crippen LogP contribution is 2.11. The minimum atomic E-state index is -5.19. The number of aliphatic carboxylic acids is 2. The van der Waals surface area contributed by atoms with E-state index < -0.39 is 30.1 Å². The maximum Gasteiger partial charge on any atom is 0.430 e. The van der Waals surface area contributed by atoms with Gasteiger partial charge in [0.25, 0.3) is 5.91 Å². The summed E-state index contributed by atoms with van der Waals surface area (Å²) >= 11 is 0. The first-order valence-corrected chi connectivity index (χ1v) is 9.70. The molecule has 0 radical (unpaired) electrons. The van der Waals surface area contributed by atoms with Crippen molar-refractivity contribution in [2.24, 2.45) is 0 Å². The molecular weight excluding hydrogens is 477 g/mol. The van der Waals surface area contributed by atoms with Gasteiger partial charge in [-0.2, -0.15) is 13.2 Å². The summed E-state index contributed by atoms with van der Waals surface area (Å²) in [6.45, 7) is 0.461. The van der Waals surface area contributed by atoms with Gasteiger partial charge >= 0.3 is 18.2 Å². The first-order valence-electron chi connectivity index (χ1n) is 9.70. The molecule has 2 aromatic rings. The van der Waals surface area contributed by atoms with E-state index in [0.717, 1.165) is 0 Å². The number of hydrogen-bond acceptors (Lipinski definition) is 8. The van der Waals surface area contributed by atoms with E-state index in [9.17, 15) is 22.8 Å². The third kappa shape index (κ3) is 11.5. The number of ether oxygens (including phenoxy) is 1. The van der Waals surface area contributed by atoms with Gasteiger partial charge in [0.05, 0.1) is 52.8 Å². The number of nitrogens with one attached hydrogen (secondary N) is 1. The zero-order valence-electron chi connectivity index (χ0n) is 19.2. The summed E-state index contributed by atoms with van der Waals surface area (Å²) in [5, 5.41) is 20.6. The molecule has 2 heterocycles. The van der Waals surface area contributed by atoms with Crippen LogP contribution in [-0.2, 0) is 9.59 Å². The maximum atomic E-state index is 12.4. The van der Waals surface area contributed by atoms with E-state index in [2.05, 4.69) is 27.1 Å². The number of likely N-dealkylation sites (N-methyl/N-ethyl adjacent to an activating group) is 1. The van der Waals surface area contributed by atoms with Crippen LogP contribution in [0.5, 0.6) is 6.01 Å². The number of methoxy groups -OCH3 is 1. The molecule has 190 valence electrons. The van der Waals surface area contributed by atoms with Crippen molar-refractivity contribution in [3.63, 3.8) is 0 Å². The number of alkyl halides is 3. The molecule has 0 unspecified atom stereocenters. The number of carboxylic acid groups (broad SMARTS) is 2. The Kier molecular flexibility index (Phi) is 10.2. The SMILES string of the molecule is COc1ncc(C#Cc2ccc(C(=O)N[C@H](CC(=O)O)C[N+](C)(C)C)o2)cn1.O=C([O-])C(F)(F)F. The second-order valence-corrected chi connectivity index (χ2v) is 7.90. The minimum absolute atomic E-state index is 0.0621. The fraction of sp³-hybridized carbons (Fsp3) is 0.381. The van der Waals surface area contributed by atoms with Gasteiger partial charge in [-0.25, -0.2) is 9.97 Å². The van der Waals surface area contributed by atoms with Crippen LogP contribution < -0.4 is 15.2 Å². The second kappa shape index (κ2) is 12.4. The smallest absolute Gasteiger partial charge is 0.430 e. The van der Waals surface area contributed by atoms with E-state index >= 15 is 0 Å². The summed E-state index contributed by atoms with van der Waals surface area (Å²) < 4.78 is 42.4. The molecule has 1 amide bonds. The highest BCUT2D eigenvalue weighted by atomic mass is 19.4. The second-order valence-electron chi connectivity index (χ2n) is 7.90. The first-order chi connectivity index (χ1) is 16.1. The summed E-state index contributed by atoms with van der Waals surface area (Å²) in [6, 6.07) is 2.78. The van der Waals surface area contributed by atoms with Crippen LogP contribution in [0.1, 0.15) is 28.3 Å². The number of hydrogen-bond donors (Lipinski definition) is 2. The Labute approximate surface area is 198 Å². The van der Waals surface area contributed by atoms with E-state index in [0.29, 0.717) is 22.4 Å². The van der Waals surface area contributed by atoms with Crippen LogP contribution in [0, 0.1) is 11.8 Å². The van der Waals surface area contributed by atoms with Crippen molar-refractivity contribution >= 4 is 17.8 Å². The molecule has 11 nitrogen and oxygen atoms in total. The summed E-state index contributed by atoms with van der Waals surface area (Å²) in [7, 11) is 7.23. The number of rotatable bonds is 7. The van der Waals surface area contributed by atoms with Crippen LogP contribution in [0.3, 0.4) is 0 Å². The van der Waals surface area contributed by atoms with Gasteiger partial charge in [-0.3, -0.25) is 9.59 Å². The summed E-state index contributed by atoms with van der Waals surface area (Å²) in [4.78, 5) is 40.1. The quantitative estimate of drug-likeness (QED) is 0.397. The highest BCUT2D eigenvalue weighted by Gasteiger charge is 2.29. The number of carbonyl (C=O) groups excluding carboxylic acids is 2. The molecule has 0 aromatic carbocycles. The lowest BCUT2D eigenvalue weighted by Crippen LogP contribution is -2.49. The normalized spacial score (nSPS) is 11.7. The minimum Gasteiger partial charge on any atom is -0.542 e. The number of carboxylic acids is 2. The molecule has 0 aliphatic rings. The molecule has 2 N–H and O–H groups in total. The summed E-state index contributed by atoms with van der Waals surface area (Å²) in [5.41, 5.74) is 0.563. The molecule has 0 saturated carbocycles. The third-order valence-electron chi connectivity index (χ3n) is 3.73. The number of aromatic nitrogens is 2. The number of nitrogens with zero attached hydrogens (tertiary/aromatic N) is 3. The lowest BCUT2D eigenvalue weighted by Gasteiger charge is -2.28. The largest absolute Gasteiger partial charge is 0.542 e. The molecule has 2 rings (SSSR count). The van der Waals surface area contributed by atoms with Crippen molar-refractivity contribution in [1.82, 2.24) is 15.3 Å². The Hall–Kier alpha value is -4.12. The predicted octanol–water partition coefficient (Wildman–Crippen LogP) is 0.0559. The molecule has 14 heteroatoms. The summed E-state index contributed by atoms with van der Waals surface area (Å²) in [6.07, 6.45) is -2.35. The van der Waals surface area contributed by atoms with Gasteiger partial charge in [-0.15, -0.1) is 0 Å². The fourth-order valence-electron chi connectivity index (χ4n) is 2.44. The van der Waals surface area contributed by atoms with Crippen molar-refractivity contribution < 1.29 is 51.4 Å². The highest BCUT2D eigenvalue weighted by molar-refractivity contribution is 5.92. The molecule has 0 saturated heterocycles. The van der Waals surface area contributed by atoms with Crippen molar-refractivity contribution in [1.29, 1.82) is 0 Å². The average molecular weight is 500 g/mol. The topological polar surface area (TPSA) is 155 Å². The van der Waals surface area contributed by atoms with E-state index in [1.807, 2.05) is 21.1 Å². The zero-order chi connectivity index (χ0) is 26.8. The predicted molar refractivity (Wildman–Crippen MR) is 111 cm³/mol. The Morgan fingerprint density at radius 1 is 1.20 bits per heavy atom. The fourth-order valence-corrected chi connectivity index (χ4v) is 2.44. The average Bonchev–Trinajstić information content (AvgIpc) is 3.20. The summed E-state index contributed by atoms with van der Waals surface area (Å²) in [5.74, 6) is 1.49. The van der Waals surface area contributed by atoms with Crippen LogP contribution in [0.15, 0.2) is 28.9 Å². The molecule has 0 aliphatic heterocycles.